The van der Waals surface area contributed by atoms with E-state index in [-0.39, 0.29) is 4.90 Å². The van der Waals surface area contributed by atoms with Gasteiger partial charge in [0.15, 0.2) is 0 Å². The fraction of sp³-hybridized carbons (Fsp3) is 0.294. The molecular weight excluding hydrogens is 317 g/mol. The minimum Gasteiger partial charge on any atom is -0.487 e. The van der Waals surface area contributed by atoms with Gasteiger partial charge in [-0.1, -0.05) is 24.3 Å². The monoisotopic (exact) mass is 335 g/mol. The molecule has 1 atom stereocenters. The Morgan fingerprint density at radius 2 is 1.91 bits per heavy atom. The van der Waals surface area contributed by atoms with Crippen molar-refractivity contribution in [2.45, 2.75) is 36.8 Å². The molecule has 23 heavy (non-hydrogen) atoms. The lowest BCUT2D eigenvalue weighted by Crippen LogP contribution is -2.41. The predicted molar refractivity (Wildman–Crippen MR) is 85.2 cm³/mol. The first-order chi connectivity index (χ1) is 10.8. The standard InChI is InChI=1S/C17H18FNO3S/c1-17(2)11-15(14-8-3-4-9-16(14)22-17)19-23(20,21)13-7-5-6-12(18)10-13/h3-10,15,19H,11H2,1-2H3. The quantitative estimate of drug-likeness (QED) is 0.935. The fourth-order valence-electron chi connectivity index (χ4n) is 2.80. The van der Waals surface area contributed by atoms with Crippen molar-refractivity contribution >= 4 is 10.0 Å². The predicted octanol–water partition coefficient (Wildman–Crippen LogP) is 3.41. The summed E-state index contributed by atoms with van der Waals surface area (Å²) in [5, 5.41) is 0. The van der Waals surface area contributed by atoms with Crippen LogP contribution in [0.25, 0.3) is 0 Å². The van der Waals surface area contributed by atoms with Crippen LogP contribution in [0.2, 0.25) is 0 Å². The van der Waals surface area contributed by atoms with Gasteiger partial charge in [-0.05, 0) is 38.1 Å². The molecule has 0 spiro atoms. The molecule has 0 saturated heterocycles. The number of para-hydroxylation sites is 1. The summed E-state index contributed by atoms with van der Waals surface area (Å²) >= 11 is 0. The minimum absolute atomic E-state index is 0.0840. The summed E-state index contributed by atoms with van der Waals surface area (Å²) in [7, 11) is -3.82. The van der Waals surface area contributed by atoms with Gasteiger partial charge in [0.2, 0.25) is 10.0 Å². The highest BCUT2D eigenvalue weighted by molar-refractivity contribution is 7.89. The van der Waals surface area contributed by atoms with E-state index in [1.807, 2.05) is 38.1 Å². The Kier molecular flexibility index (Phi) is 3.90. The van der Waals surface area contributed by atoms with Crippen LogP contribution in [0, 0.1) is 5.82 Å². The Morgan fingerprint density at radius 3 is 2.65 bits per heavy atom. The molecule has 1 unspecified atom stereocenters. The van der Waals surface area contributed by atoms with Gasteiger partial charge in [0.05, 0.1) is 10.9 Å². The zero-order chi connectivity index (χ0) is 16.7. The Labute approximate surface area is 135 Å². The normalized spacial score (nSPS) is 19.7. The smallest absolute Gasteiger partial charge is 0.241 e. The summed E-state index contributed by atoms with van der Waals surface area (Å²) in [5.41, 5.74) is 0.288. The molecule has 2 aromatic rings. The first kappa shape index (κ1) is 16.0. The van der Waals surface area contributed by atoms with E-state index in [0.29, 0.717) is 12.2 Å². The van der Waals surface area contributed by atoms with Gasteiger partial charge in [0.25, 0.3) is 0 Å². The van der Waals surface area contributed by atoms with Crippen molar-refractivity contribution in [3.05, 3.63) is 59.9 Å². The SMILES string of the molecule is CC1(C)CC(NS(=O)(=O)c2cccc(F)c2)c2ccccc2O1. The first-order valence-corrected chi connectivity index (χ1v) is 8.81. The molecule has 1 N–H and O–H groups in total. The molecule has 1 heterocycles. The Balaban J connectivity index is 1.96. The highest BCUT2D eigenvalue weighted by Gasteiger charge is 2.35. The number of halogens is 1. The van der Waals surface area contributed by atoms with Crippen molar-refractivity contribution < 1.29 is 17.5 Å². The van der Waals surface area contributed by atoms with Crippen molar-refractivity contribution in [1.29, 1.82) is 0 Å². The highest BCUT2D eigenvalue weighted by Crippen LogP contribution is 2.39. The maximum absolute atomic E-state index is 13.3. The van der Waals surface area contributed by atoms with Crippen molar-refractivity contribution in [3.63, 3.8) is 0 Å². The number of benzene rings is 2. The van der Waals surface area contributed by atoms with Crippen molar-refractivity contribution in [1.82, 2.24) is 4.72 Å². The van der Waals surface area contributed by atoms with Crippen LogP contribution in [-0.2, 0) is 10.0 Å². The van der Waals surface area contributed by atoms with Gasteiger partial charge in [-0.25, -0.2) is 17.5 Å². The van der Waals surface area contributed by atoms with Gasteiger partial charge in [0.1, 0.15) is 17.2 Å². The molecular formula is C17H18FNO3S. The fourth-order valence-corrected chi connectivity index (χ4v) is 4.04. The molecule has 1 aliphatic heterocycles. The van der Waals surface area contributed by atoms with E-state index < -0.39 is 27.5 Å². The molecule has 0 fully saturated rings. The lowest BCUT2D eigenvalue weighted by atomic mass is 9.90. The van der Waals surface area contributed by atoms with Gasteiger partial charge in [0, 0.05) is 12.0 Å². The third-order valence-electron chi connectivity index (χ3n) is 3.78. The van der Waals surface area contributed by atoms with Gasteiger partial charge < -0.3 is 4.74 Å². The molecule has 4 nitrogen and oxygen atoms in total. The maximum atomic E-state index is 13.3. The van der Waals surface area contributed by atoms with Crippen molar-refractivity contribution in [3.8, 4) is 5.75 Å². The van der Waals surface area contributed by atoms with Crippen LogP contribution in [0.5, 0.6) is 5.75 Å². The lowest BCUT2D eigenvalue weighted by molar-refractivity contribution is 0.0702. The second-order valence-electron chi connectivity index (χ2n) is 6.23. The number of hydrogen-bond donors (Lipinski definition) is 1. The summed E-state index contributed by atoms with van der Waals surface area (Å²) < 4.78 is 47.0. The molecule has 0 radical (unpaired) electrons. The van der Waals surface area contributed by atoms with E-state index >= 15 is 0 Å². The second kappa shape index (κ2) is 5.62. The molecule has 1 aliphatic rings. The number of sulfonamides is 1. The van der Waals surface area contributed by atoms with E-state index in [1.54, 1.807) is 0 Å². The molecule has 0 saturated carbocycles. The topological polar surface area (TPSA) is 55.4 Å². The number of nitrogens with one attached hydrogen (secondary N) is 1. The third kappa shape index (κ3) is 3.38. The van der Waals surface area contributed by atoms with E-state index in [4.69, 9.17) is 4.74 Å². The number of rotatable bonds is 3. The van der Waals surface area contributed by atoms with Crippen LogP contribution in [0.15, 0.2) is 53.4 Å². The van der Waals surface area contributed by atoms with E-state index in [9.17, 15) is 12.8 Å². The zero-order valence-corrected chi connectivity index (χ0v) is 13.7. The Hall–Kier alpha value is -1.92. The maximum Gasteiger partial charge on any atom is 0.241 e. The van der Waals surface area contributed by atoms with Crippen LogP contribution in [0.4, 0.5) is 4.39 Å². The number of fused-ring (bicyclic) bond motifs is 1. The second-order valence-corrected chi connectivity index (χ2v) is 7.95. The third-order valence-corrected chi connectivity index (χ3v) is 5.25. The summed E-state index contributed by atoms with van der Waals surface area (Å²) in [6, 6.07) is 11.9. The molecule has 2 aromatic carbocycles. The summed E-state index contributed by atoms with van der Waals surface area (Å²) in [4.78, 5) is -0.0840. The van der Waals surface area contributed by atoms with Crippen LogP contribution in [-0.4, -0.2) is 14.0 Å². The first-order valence-electron chi connectivity index (χ1n) is 7.33. The Morgan fingerprint density at radius 1 is 1.17 bits per heavy atom. The van der Waals surface area contributed by atoms with E-state index in [2.05, 4.69) is 4.72 Å². The largest absolute Gasteiger partial charge is 0.487 e. The molecule has 0 aromatic heterocycles. The zero-order valence-electron chi connectivity index (χ0n) is 12.9. The molecule has 122 valence electrons. The van der Waals surface area contributed by atoms with Crippen LogP contribution >= 0.6 is 0 Å². The van der Waals surface area contributed by atoms with Gasteiger partial charge in [-0.15, -0.1) is 0 Å². The molecule has 0 bridgehead atoms. The highest BCUT2D eigenvalue weighted by atomic mass is 32.2. The Bertz CT molecular complexity index is 833. The van der Waals surface area contributed by atoms with Gasteiger partial charge in [-0.2, -0.15) is 0 Å². The van der Waals surface area contributed by atoms with Crippen LogP contribution in [0.1, 0.15) is 31.9 Å². The molecule has 0 aliphatic carbocycles. The molecule has 0 amide bonds. The van der Waals surface area contributed by atoms with E-state index in [0.717, 1.165) is 11.6 Å². The number of hydrogen-bond acceptors (Lipinski definition) is 3. The lowest BCUT2D eigenvalue weighted by Gasteiger charge is -2.37. The summed E-state index contributed by atoms with van der Waals surface area (Å²) in [6.45, 7) is 3.82. The van der Waals surface area contributed by atoms with Crippen LogP contribution < -0.4 is 9.46 Å². The van der Waals surface area contributed by atoms with E-state index in [1.165, 1.54) is 18.2 Å². The average Bonchev–Trinajstić information content (AvgIpc) is 2.45. The summed E-state index contributed by atoms with van der Waals surface area (Å²) in [6.07, 6.45) is 0.485. The molecule has 6 heteroatoms. The number of ether oxygens (including phenoxy) is 1. The molecule has 3 rings (SSSR count). The van der Waals surface area contributed by atoms with Crippen LogP contribution in [0.3, 0.4) is 0 Å². The van der Waals surface area contributed by atoms with Gasteiger partial charge >= 0.3 is 0 Å². The minimum atomic E-state index is -3.82. The van der Waals surface area contributed by atoms with Crippen molar-refractivity contribution in [2.24, 2.45) is 0 Å². The van der Waals surface area contributed by atoms with Gasteiger partial charge in [-0.3, -0.25) is 0 Å². The van der Waals surface area contributed by atoms with Crippen molar-refractivity contribution in [2.75, 3.05) is 0 Å². The average molecular weight is 335 g/mol. The summed E-state index contributed by atoms with van der Waals surface area (Å²) in [5.74, 6) is 0.0799.